The van der Waals surface area contributed by atoms with Crippen molar-refractivity contribution in [2.75, 3.05) is 18.4 Å². The van der Waals surface area contributed by atoms with Crippen molar-refractivity contribution in [1.29, 1.82) is 0 Å². The lowest BCUT2D eigenvalue weighted by molar-refractivity contribution is 0.290. The minimum absolute atomic E-state index is 0.284. The Kier molecular flexibility index (Phi) is 7.80. The minimum atomic E-state index is 0.284. The van der Waals surface area contributed by atoms with E-state index in [9.17, 15) is 0 Å². The van der Waals surface area contributed by atoms with Crippen LogP contribution in [0.5, 0.6) is 0 Å². The van der Waals surface area contributed by atoms with E-state index in [0.717, 1.165) is 56.1 Å². The monoisotopic (exact) mass is 403 g/mol. The van der Waals surface area contributed by atoms with E-state index in [1.54, 1.807) is 0 Å². The first-order chi connectivity index (χ1) is 14.5. The number of rotatable bonds is 7. The molecule has 0 spiro atoms. The molecule has 0 fully saturated rings. The van der Waals surface area contributed by atoms with Crippen LogP contribution in [0.4, 0.5) is 5.69 Å². The zero-order chi connectivity index (χ0) is 21.3. The molecule has 0 radical (unpaired) electrons. The van der Waals surface area contributed by atoms with Crippen LogP contribution in [0.15, 0.2) is 70.4 Å². The third-order valence-corrected chi connectivity index (χ3v) is 5.15. The molecule has 158 valence electrons. The summed E-state index contributed by atoms with van der Waals surface area (Å²) in [6.45, 7) is 9.03. The van der Waals surface area contributed by atoms with Gasteiger partial charge in [-0.05, 0) is 56.0 Å². The van der Waals surface area contributed by atoms with Crippen LogP contribution in [0, 0.1) is 6.92 Å². The highest BCUT2D eigenvalue weighted by Gasteiger charge is 2.16. The highest BCUT2D eigenvalue weighted by Crippen LogP contribution is 2.18. The predicted octanol–water partition coefficient (Wildman–Crippen LogP) is 4.88. The van der Waals surface area contributed by atoms with E-state index in [2.05, 4.69) is 76.5 Å². The Bertz CT molecular complexity index is 925. The van der Waals surface area contributed by atoms with Crippen molar-refractivity contribution < 1.29 is 0 Å². The van der Waals surface area contributed by atoms with Crippen LogP contribution in [-0.2, 0) is 13.0 Å². The summed E-state index contributed by atoms with van der Waals surface area (Å²) in [5, 5.41) is 3.35. The maximum Gasteiger partial charge on any atom is 0.221 e. The van der Waals surface area contributed by atoms with Gasteiger partial charge in [0.05, 0.1) is 0 Å². The van der Waals surface area contributed by atoms with Crippen molar-refractivity contribution in [2.45, 2.75) is 46.6 Å². The molecule has 5 nitrogen and oxygen atoms in total. The number of benzene rings is 2. The molecular formula is C25H33N5. The molecule has 3 N–H and O–H groups in total. The second-order valence-electron chi connectivity index (χ2n) is 7.92. The van der Waals surface area contributed by atoms with Gasteiger partial charge in [0.1, 0.15) is 5.82 Å². The molecule has 1 aliphatic rings. The van der Waals surface area contributed by atoms with Gasteiger partial charge in [0.15, 0.2) is 0 Å². The number of nitrogens with zero attached hydrogens (tertiary/aromatic N) is 3. The van der Waals surface area contributed by atoms with E-state index in [1.807, 2.05) is 19.1 Å². The fourth-order valence-corrected chi connectivity index (χ4v) is 3.58. The Balaban J connectivity index is 1.65. The van der Waals surface area contributed by atoms with Gasteiger partial charge in [-0.15, -0.1) is 0 Å². The zero-order valence-corrected chi connectivity index (χ0v) is 18.4. The fraction of sp³-hybridized carbons (Fsp3) is 0.360. The molecule has 0 atom stereocenters. The van der Waals surface area contributed by atoms with Gasteiger partial charge in [0.2, 0.25) is 5.96 Å². The lowest BCUT2D eigenvalue weighted by Gasteiger charge is -2.28. The summed E-state index contributed by atoms with van der Waals surface area (Å²) in [6, 6.07) is 16.9. The van der Waals surface area contributed by atoms with Gasteiger partial charge in [0, 0.05) is 31.0 Å². The Morgan fingerprint density at radius 2 is 1.83 bits per heavy atom. The van der Waals surface area contributed by atoms with Crippen molar-refractivity contribution in [1.82, 2.24) is 4.90 Å². The van der Waals surface area contributed by atoms with E-state index >= 15 is 0 Å². The summed E-state index contributed by atoms with van der Waals surface area (Å²) < 4.78 is 0. The SMILES string of the molecule is CCC/C=C(/N=C(N)\N=C(/C)CN1CCc2ccccc2C1)Nc1ccc(C)cc1. The van der Waals surface area contributed by atoms with E-state index in [1.165, 1.54) is 16.7 Å². The smallest absolute Gasteiger partial charge is 0.221 e. The largest absolute Gasteiger partial charge is 0.368 e. The van der Waals surface area contributed by atoms with Crippen LogP contribution >= 0.6 is 0 Å². The van der Waals surface area contributed by atoms with Crippen molar-refractivity contribution in [2.24, 2.45) is 15.7 Å². The Labute approximate surface area is 180 Å². The first-order valence-electron chi connectivity index (χ1n) is 10.7. The van der Waals surface area contributed by atoms with Crippen LogP contribution in [-0.4, -0.2) is 29.7 Å². The first-order valence-corrected chi connectivity index (χ1v) is 10.7. The van der Waals surface area contributed by atoms with Gasteiger partial charge >= 0.3 is 0 Å². The predicted molar refractivity (Wildman–Crippen MR) is 128 cm³/mol. The molecule has 0 saturated heterocycles. The highest BCUT2D eigenvalue weighted by atomic mass is 15.2. The fourth-order valence-electron chi connectivity index (χ4n) is 3.58. The number of nitrogens with two attached hydrogens (primary N) is 1. The second-order valence-corrected chi connectivity index (χ2v) is 7.92. The standard InChI is InChI=1S/C25H33N5/c1-4-5-10-24(28-23-13-11-19(2)12-14-23)29-25(26)27-20(3)17-30-16-15-21-8-6-7-9-22(21)18-30/h6-14,28H,4-5,15-18H2,1-3H3,(H2,26,29)/b24-10+,27-20+. The highest BCUT2D eigenvalue weighted by molar-refractivity contribution is 5.96. The molecule has 0 saturated carbocycles. The van der Waals surface area contributed by atoms with E-state index in [0.29, 0.717) is 0 Å². The van der Waals surface area contributed by atoms with Crippen molar-refractivity contribution in [3.8, 4) is 0 Å². The summed E-state index contributed by atoms with van der Waals surface area (Å²) in [5.74, 6) is 1.02. The molecule has 0 aliphatic carbocycles. The maximum atomic E-state index is 6.17. The number of anilines is 1. The van der Waals surface area contributed by atoms with Crippen LogP contribution in [0.2, 0.25) is 0 Å². The number of hydrogen-bond acceptors (Lipinski definition) is 3. The van der Waals surface area contributed by atoms with E-state index in [4.69, 9.17) is 5.73 Å². The first kappa shape index (κ1) is 21.8. The van der Waals surface area contributed by atoms with Gasteiger partial charge in [-0.1, -0.05) is 55.3 Å². The van der Waals surface area contributed by atoms with Crippen molar-refractivity contribution in [3.63, 3.8) is 0 Å². The lowest BCUT2D eigenvalue weighted by Crippen LogP contribution is -2.34. The molecular weight excluding hydrogens is 370 g/mol. The van der Waals surface area contributed by atoms with Gasteiger partial charge in [-0.25, -0.2) is 4.99 Å². The average molecular weight is 404 g/mol. The number of hydrogen-bond donors (Lipinski definition) is 2. The van der Waals surface area contributed by atoms with Crippen LogP contribution in [0.3, 0.4) is 0 Å². The van der Waals surface area contributed by atoms with E-state index < -0.39 is 0 Å². The molecule has 2 aromatic carbocycles. The summed E-state index contributed by atoms with van der Waals surface area (Å²) in [4.78, 5) is 11.5. The molecule has 0 bridgehead atoms. The van der Waals surface area contributed by atoms with Crippen molar-refractivity contribution >= 4 is 17.4 Å². The van der Waals surface area contributed by atoms with Gasteiger partial charge in [0.25, 0.3) is 0 Å². The molecule has 0 unspecified atom stereocenters. The van der Waals surface area contributed by atoms with Gasteiger partial charge < -0.3 is 11.1 Å². The number of nitrogens with one attached hydrogen (secondary N) is 1. The van der Waals surface area contributed by atoms with Crippen LogP contribution < -0.4 is 11.1 Å². The number of guanidine groups is 1. The van der Waals surface area contributed by atoms with Gasteiger partial charge in [-0.2, -0.15) is 4.99 Å². The molecule has 5 heteroatoms. The number of aliphatic imine (C=N–C) groups is 2. The quantitative estimate of drug-likeness (QED) is 0.511. The number of unbranched alkanes of at least 4 members (excludes halogenated alkanes) is 1. The Morgan fingerprint density at radius 1 is 1.10 bits per heavy atom. The zero-order valence-electron chi connectivity index (χ0n) is 18.4. The average Bonchev–Trinajstić information content (AvgIpc) is 2.73. The molecule has 0 aromatic heterocycles. The summed E-state index contributed by atoms with van der Waals surface area (Å²) in [7, 11) is 0. The number of allylic oxidation sites excluding steroid dienone is 1. The Morgan fingerprint density at radius 3 is 2.57 bits per heavy atom. The van der Waals surface area contributed by atoms with Crippen LogP contribution in [0.25, 0.3) is 0 Å². The summed E-state index contributed by atoms with van der Waals surface area (Å²) in [6.07, 6.45) is 5.13. The minimum Gasteiger partial charge on any atom is -0.368 e. The third kappa shape index (κ3) is 6.56. The second kappa shape index (κ2) is 10.7. The normalized spacial score (nSPS) is 15.8. The molecule has 1 aliphatic heterocycles. The lowest BCUT2D eigenvalue weighted by atomic mass is 10.00. The van der Waals surface area contributed by atoms with Crippen molar-refractivity contribution in [3.05, 3.63) is 77.1 Å². The summed E-state index contributed by atoms with van der Waals surface area (Å²) in [5.41, 5.74) is 12.2. The number of fused-ring (bicyclic) bond motifs is 1. The number of aryl methyl sites for hydroxylation is 1. The topological polar surface area (TPSA) is 66.0 Å². The molecule has 0 amide bonds. The van der Waals surface area contributed by atoms with Crippen LogP contribution in [0.1, 0.15) is 43.4 Å². The molecule has 1 heterocycles. The van der Waals surface area contributed by atoms with Gasteiger partial charge in [-0.3, -0.25) is 4.90 Å². The molecule has 3 rings (SSSR count). The molecule has 30 heavy (non-hydrogen) atoms. The molecule has 2 aromatic rings. The maximum absolute atomic E-state index is 6.17. The third-order valence-electron chi connectivity index (χ3n) is 5.15. The van der Waals surface area contributed by atoms with E-state index in [-0.39, 0.29) is 5.96 Å². The Hall–Kier alpha value is -2.92. The summed E-state index contributed by atoms with van der Waals surface area (Å²) >= 11 is 0.